The summed E-state index contributed by atoms with van der Waals surface area (Å²) >= 11 is 0. The summed E-state index contributed by atoms with van der Waals surface area (Å²) in [7, 11) is 0. The molecular weight excluding hydrogens is 280 g/mol. The van der Waals surface area contributed by atoms with E-state index in [-0.39, 0.29) is 17.9 Å². The number of carbonyl (C=O) groups is 2. The summed E-state index contributed by atoms with van der Waals surface area (Å²) in [6.07, 6.45) is 4.17. The van der Waals surface area contributed by atoms with Crippen LogP contribution in [-0.2, 0) is 4.79 Å². The fourth-order valence-corrected chi connectivity index (χ4v) is 2.74. The van der Waals surface area contributed by atoms with E-state index in [0.29, 0.717) is 18.7 Å². The monoisotopic (exact) mass is 298 g/mol. The lowest BCUT2D eigenvalue weighted by Gasteiger charge is -2.17. The Labute approximate surface area is 128 Å². The molecule has 1 unspecified atom stereocenters. The second-order valence-corrected chi connectivity index (χ2v) is 5.48. The smallest absolute Gasteiger partial charge is 0.253 e. The maximum Gasteiger partial charge on any atom is 0.253 e. The van der Waals surface area contributed by atoms with Crippen molar-refractivity contribution >= 4 is 11.8 Å². The van der Waals surface area contributed by atoms with E-state index in [1.165, 1.54) is 6.92 Å². The molecule has 0 radical (unpaired) electrons. The number of carbonyl (C=O) groups excluding carboxylic acids is 2. The molecule has 1 atom stereocenters. The van der Waals surface area contributed by atoms with Gasteiger partial charge in [-0.2, -0.15) is 0 Å². The molecule has 1 aromatic carbocycles. The number of imidazole rings is 1. The van der Waals surface area contributed by atoms with Crippen LogP contribution in [-0.4, -0.2) is 45.8 Å². The third-order valence-corrected chi connectivity index (χ3v) is 3.82. The highest BCUT2D eigenvalue weighted by molar-refractivity contribution is 5.95. The molecule has 1 aliphatic heterocycles. The Kier molecular flexibility index (Phi) is 3.91. The van der Waals surface area contributed by atoms with Gasteiger partial charge in [0.15, 0.2) is 0 Å². The Morgan fingerprint density at radius 1 is 1.32 bits per heavy atom. The number of nitrogens with one attached hydrogen (secondary N) is 2. The Balaban J connectivity index is 1.67. The van der Waals surface area contributed by atoms with Gasteiger partial charge in [-0.15, -0.1) is 0 Å². The van der Waals surface area contributed by atoms with Crippen LogP contribution in [0.5, 0.6) is 0 Å². The van der Waals surface area contributed by atoms with Gasteiger partial charge in [0.2, 0.25) is 5.91 Å². The standard InChI is InChI=1S/C16H18N4O2/c1-11(21)19-14-6-7-20(9-14)16(22)13-4-2-12(3-5-13)15-8-17-10-18-15/h2-5,8,10,14H,6-7,9H2,1H3,(H,17,18)(H,19,21). The van der Waals surface area contributed by atoms with Gasteiger partial charge in [0.05, 0.1) is 18.2 Å². The second-order valence-electron chi connectivity index (χ2n) is 5.48. The molecule has 1 fully saturated rings. The van der Waals surface area contributed by atoms with Gasteiger partial charge in [-0.3, -0.25) is 9.59 Å². The van der Waals surface area contributed by atoms with E-state index in [1.54, 1.807) is 17.4 Å². The Hall–Kier alpha value is -2.63. The van der Waals surface area contributed by atoms with Crippen LogP contribution in [0.2, 0.25) is 0 Å². The number of amides is 2. The molecule has 2 amide bonds. The number of aromatic amines is 1. The lowest BCUT2D eigenvalue weighted by atomic mass is 10.1. The zero-order valence-corrected chi connectivity index (χ0v) is 12.4. The number of hydrogen-bond donors (Lipinski definition) is 2. The third-order valence-electron chi connectivity index (χ3n) is 3.82. The highest BCUT2D eigenvalue weighted by Gasteiger charge is 2.27. The molecule has 3 rings (SSSR count). The van der Waals surface area contributed by atoms with E-state index in [1.807, 2.05) is 24.3 Å². The minimum absolute atomic E-state index is 0.00372. The number of likely N-dealkylation sites (tertiary alicyclic amines) is 1. The molecule has 114 valence electrons. The molecule has 0 spiro atoms. The molecule has 2 N–H and O–H groups in total. The number of benzene rings is 1. The van der Waals surface area contributed by atoms with Crippen molar-refractivity contribution in [1.29, 1.82) is 0 Å². The topological polar surface area (TPSA) is 78.1 Å². The predicted molar refractivity (Wildman–Crippen MR) is 82.1 cm³/mol. The van der Waals surface area contributed by atoms with E-state index in [9.17, 15) is 9.59 Å². The first-order valence-corrected chi connectivity index (χ1v) is 7.28. The first-order valence-electron chi connectivity index (χ1n) is 7.28. The highest BCUT2D eigenvalue weighted by atomic mass is 16.2. The van der Waals surface area contributed by atoms with Crippen molar-refractivity contribution < 1.29 is 9.59 Å². The Morgan fingerprint density at radius 3 is 2.73 bits per heavy atom. The minimum Gasteiger partial charge on any atom is -0.352 e. The summed E-state index contributed by atoms with van der Waals surface area (Å²) in [4.78, 5) is 32.3. The summed E-state index contributed by atoms with van der Waals surface area (Å²) in [6.45, 7) is 2.74. The fourth-order valence-electron chi connectivity index (χ4n) is 2.74. The van der Waals surface area contributed by atoms with Gasteiger partial charge in [0.1, 0.15) is 0 Å². The van der Waals surface area contributed by atoms with Gasteiger partial charge in [-0.25, -0.2) is 4.98 Å². The fraction of sp³-hybridized carbons (Fsp3) is 0.312. The third kappa shape index (κ3) is 3.00. The van der Waals surface area contributed by atoms with Gasteiger partial charge >= 0.3 is 0 Å². The lowest BCUT2D eigenvalue weighted by molar-refractivity contribution is -0.119. The molecule has 1 aromatic heterocycles. The normalized spacial score (nSPS) is 17.5. The van der Waals surface area contributed by atoms with Gasteiger partial charge in [0.25, 0.3) is 5.91 Å². The van der Waals surface area contributed by atoms with Crippen LogP contribution in [0.25, 0.3) is 11.3 Å². The van der Waals surface area contributed by atoms with Crippen molar-refractivity contribution in [1.82, 2.24) is 20.2 Å². The summed E-state index contributed by atoms with van der Waals surface area (Å²) < 4.78 is 0. The summed E-state index contributed by atoms with van der Waals surface area (Å²) in [6, 6.07) is 7.52. The first kappa shape index (κ1) is 14.3. The van der Waals surface area contributed by atoms with Crippen molar-refractivity contribution in [3.05, 3.63) is 42.4 Å². The molecular formula is C16H18N4O2. The molecule has 6 nitrogen and oxygen atoms in total. The molecule has 0 saturated carbocycles. The van der Waals surface area contributed by atoms with Crippen LogP contribution in [0, 0.1) is 0 Å². The molecule has 1 saturated heterocycles. The van der Waals surface area contributed by atoms with Crippen LogP contribution in [0.4, 0.5) is 0 Å². The largest absolute Gasteiger partial charge is 0.352 e. The van der Waals surface area contributed by atoms with Crippen molar-refractivity contribution in [2.24, 2.45) is 0 Å². The van der Waals surface area contributed by atoms with Crippen LogP contribution >= 0.6 is 0 Å². The number of aromatic nitrogens is 2. The summed E-state index contributed by atoms with van der Waals surface area (Å²) in [5.74, 6) is -0.0489. The maximum atomic E-state index is 12.5. The van der Waals surface area contributed by atoms with Gasteiger partial charge in [0, 0.05) is 31.6 Å². The minimum atomic E-state index is -0.0526. The van der Waals surface area contributed by atoms with Gasteiger partial charge in [-0.05, 0) is 24.1 Å². The molecule has 2 aromatic rings. The number of nitrogens with zero attached hydrogens (tertiary/aromatic N) is 2. The van der Waals surface area contributed by atoms with Crippen molar-refractivity contribution in [3.8, 4) is 11.3 Å². The van der Waals surface area contributed by atoms with Crippen LogP contribution in [0.1, 0.15) is 23.7 Å². The maximum absolute atomic E-state index is 12.5. The first-order chi connectivity index (χ1) is 10.6. The van der Waals surface area contributed by atoms with E-state index >= 15 is 0 Å². The van der Waals surface area contributed by atoms with Crippen LogP contribution in [0.15, 0.2) is 36.8 Å². The second kappa shape index (κ2) is 6.01. The Bertz CT molecular complexity index is 664. The van der Waals surface area contributed by atoms with Crippen molar-refractivity contribution in [3.63, 3.8) is 0 Å². The zero-order chi connectivity index (χ0) is 15.5. The molecule has 22 heavy (non-hydrogen) atoms. The van der Waals surface area contributed by atoms with Crippen molar-refractivity contribution in [2.75, 3.05) is 13.1 Å². The molecule has 0 bridgehead atoms. The summed E-state index contributed by atoms with van der Waals surface area (Å²) in [5.41, 5.74) is 2.57. The van der Waals surface area contributed by atoms with E-state index < -0.39 is 0 Å². The average Bonchev–Trinajstić information content (AvgIpc) is 3.17. The highest BCUT2D eigenvalue weighted by Crippen LogP contribution is 2.19. The van der Waals surface area contributed by atoms with Gasteiger partial charge < -0.3 is 15.2 Å². The zero-order valence-electron chi connectivity index (χ0n) is 12.4. The number of hydrogen-bond acceptors (Lipinski definition) is 3. The van der Waals surface area contributed by atoms with E-state index in [2.05, 4.69) is 15.3 Å². The quantitative estimate of drug-likeness (QED) is 0.899. The van der Waals surface area contributed by atoms with Gasteiger partial charge in [-0.1, -0.05) is 12.1 Å². The van der Waals surface area contributed by atoms with Crippen molar-refractivity contribution in [2.45, 2.75) is 19.4 Å². The van der Waals surface area contributed by atoms with E-state index in [4.69, 9.17) is 0 Å². The van der Waals surface area contributed by atoms with Crippen LogP contribution < -0.4 is 5.32 Å². The predicted octanol–water partition coefficient (Wildman–Crippen LogP) is 1.43. The lowest BCUT2D eigenvalue weighted by Crippen LogP contribution is -2.37. The molecule has 6 heteroatoms. The Morgan fingerprint density at radius 2 is 2.09 bits per heavy atom. The average molecular weight is 298 g/mol. The van der Waals surface area contributed by atoms with E-state index in [0.717, 1.165) is 17.7 Å². The molecule has 2 heterocycles. The SMILES string of the molecule is CC(=O)NC1CCN(C(=O)c2ccc(-c3cnc[nH]3)cc2)C1. The van der Waals surface area contributed by atoms with Crippen LogP contribution in [0.3, 0.4) is 0 Å². The number of H-pyrrole nitrogens is 1. The molecule has 1 aliphatic rings. The molecule has 0 aliphatic carbocycles. The summed E-state index contributed by atoms with van der Waals surface area (Å²) in [5, 5.41) is 2.86. The number of rotatable bonds is 3.